The van der Waals surface area contributed by atoms with Gasteiger partial charge >= 0.3 is 0 Å². The number of rotatable bonds is 12. The van der Waals surface area contributed by atoms with Gasteiger partial charge in [-0.15, -0.1) is 0 Å². The second-order valence-electron chi connectivity index (χ2n) is 10.1. The molecule has 2 aromatic heterocycles. The van der Waals surface area contributed by atoms with Gasteiger partial charge in [0, 0.05) is 49.4 Å². The normalized spacial score (nSPS) is 14.3. The van der Waals surface area contributed by atoms with E-state index >= 15 is 0 Å². The monoisotopic (exact) mass is 594 g/mol. The molecule has 43 heavy (non-hydrogen) atoms. The third-order valence-corrected chi connectivity index (χ3v) is 7.47. The Kier molecular flexibility index (Phi) is 9.58. The van der Waals surface area contributed by atoms with E-state index in [4.69, 9.17) is 37.5 Å². The molecule has 0 amide bonds. The van der Waals surface area contributed by atoms with Crippen LogP contribution in [-0.4, -0.2) is 89.0 Å². The molecule has 12 nitrogen and oxygen atoms in total. The molecule has 0 spiro atoms. The fraction of sp³-hybridized carbons (Fsp3) is 0.419. The molecule has 1 saturated heterocycles. The molecule has 0 bridgehead atoms. The molecule has 0 N–H and O–H groups in total. The van der Waals surface area contributed by atoms with Gasteiger partial charge in [-0.2, -0.15) is 0 Å². The summed E-state index contributed by atoms with van der Waals surface area (Å²) >= 11 is 0. The van der Waals surface area contributed by atoms with E-state index in [9.17, 15) is 0 Å². The maximum absolute atomic E-state index is 5.70. The van der Waals surface area contributed by atoms with Crippen molar-refractivity contribution >= 4 is 0 Å². The summed E-state index contributed by atoms with van der Waals surface area (Å²) in [7, 11) is 9.52. The van der Waals surface area contributed by atoms with Crippen LogP contribution in [0.5, 0.6) is 34.5 Å². The third kappa shape index (κ3) is 6.65. The molecule has 1 aliphatic rings. The van der Waals surface area contributed by atoms with Crippen LogP contribution < -0.4 is 28.4 Å². The smallest absolute Gasteiger partial charge is 0.203 e. The number of benzene rings is 2. The van der Waals surface area contributed by atoms with E-state index in [0.29, 0.717) is 59.1 Å². The van der Waals surface area contributed by atoms with Crippen molar-refractivity contribution in [1.29, 1.82) is 0 Å². The highest BCUT2D eigenvalue weighted by atomic mass is 16.5. The summed E-state index contributed by atoms with van der Waals surface area (Å²) in [5.41, 5.74) is 3.33. The summed E-state index contributed by atoms with van der Waals surface area (Å²) in [4.78, 5) is 4.78. The Labute approximate surface area is 250 Å². The number of ether oxygens (including phenoxy) is 6. The van der Waals surface area contributed by atoms with Crippen LogP contribution in [-0.2, 0) is 13.1 Å². The molecule has 0 unspecified atom stereocenters. The SMILES string of the molecule is COc1cc(-c2cc(CN3CCCN(Cc4cc(-c5cc(OC)c(OC)c(OC)c5)on4)CC3)no2)cc(OC)c1OC. The zero-order chi connectivity index (χ0) is 30.3. The molecule has 0 aliphatic carbocycles. The first-order chi connectivity index (χ1) is 21.0. The van der Waals surface area contributed by atoms with Crippen molar-refractivity contribution in [1.82, 2.24) is 20.1 Å². The lowest BCUT2D eigenvalue weighted by atomic mass is 10.1. The Balaban J connectivity index is 1.20. The summed E-state index contributed by atoms with van der Waals surface area (Å²) in [5, 5.41) is 8.67. The predicted molar refractivity (Wildman–Crippen MR) is 158 cm³/mol. The van der Waals surface area contributed by atoms with Crippen molar-refractivity contribution in [3.63, 3.8) is 0 Å². The molecule has 12 heteroatoms. The van der Waals surface area contributed by atoms with E-state index in [1.165, 1.54) is 0 Å². The third-order valence-electron chi connectivity index (χ3n) is 7.47. The van der Waals surface area contributed by atoms with E-state index in [1.807, 2.05) is 36.4 Å². The van der Waals surface area contributed by atoms with E-state index in [2.05, 4.69) is 20.1 Å². The standard InChI is InChI=1S/C31H38N4O8/c1-36-26-12-20(13-27(37-2)30(26)40-5)24-16-22(32-42-24)18-34-8-7-9-35(11-10-34)19-23-17-25(43-33-23)21-14-28(38-3)31(41-6)29(15-21)39-4/h12-17H,7-11,18-19H2,1-6H3. The quantitative estimate of drug-likeness (QED) is 0.225. The number of aromatic nitrogens is 2. The Morgan fingerprint density at radius 1 is 0.535 bits per heavy atom. The van der Waals surface area contributed by atoms with Crippen molar-refractivity contribution in [2.75, 3.05) is 68.8 Å². The number of nitrogens with zero attached hydrogens (tertiary/aromatic N) is 4. The molecule has 2 aromatic carbocycles. The average Bonchev–Trinajstić information content (AvgIpc) is 3.65. The summed E-state index contributed by atoms with van der Waals surface area (Å²) in [6, 6.07) is 11.3. The van der Waals surface area contributed by atoms with Crippen molar-refractivity contribution in [2.45, 2.75) is 19.5 Å². The van der Waals surface area contributed by atoms with Crippen LogP contribution in [0.1, 0.15) is 17.8 Å². The highest BCUT2D eigenvalue weighted by Crippen LogP contribution is 2.42. The van der Waals surface area contributed by atoms with E-state index in [-0.39, 0.29) is 0 Å². The Morgan fingerprint density at radius 3 is 1.23 bits per heavy atom. The molecule has 5 rings (SSSR count). The Morgan fingerprint density at radius 2 is 0.907 bits per heavy atom. The van der Waals surface area contributed by atoms with Crippen molar-refractivity contribution in [2.24, 2.45) is 0 Å². The minimum Gasteiger partial charge on any atom is -0.493 e. The summed E-state index contributed by atoms with van der Waals surface area (Å²) in [6.45, 7) is 5.08. The van der Waals surface area contributed by atoms with Gasteiger partial charge in [-0.1, -0.05) is 10.3 Å². The first-order valence-corrected chi connectivity index (χ1v) is 14.0. The zero-order valence-electron chi connectivity index (χ0n) is 25.5. The van der Waals surface area contributed by atoms with Crippen LogP contribution >= 0.6 is 0 Å². The van der Waals surface area contributed by atoms with Crippen LogP contribution in [0.25, 0.3) is 22.6 Å². The molecule has 0 atom stereocenters. The lowest BCUT2D eigenvalue weighted by Crippen LogP contribution is -2.30. The molecule has 3 heterocycles. The molecular weight excluding hydrogens is 556 g/mol. The highest BCUT2D eigenvalue weighted by Gasteiger charge is 2.21. The van der Waals surface area contributed by atoms with Gasteiger partial charge < -0.3 is 37.5 Å². The first kappa shape index (κ1) is 30.1. The van der Waals surface area contributed by atoms with Gasteiger partial charge in [0.05, 0.1) is 54.0 Å². The fourth-order valence-electron chi connectivity index (χ4n) is 5.29. The molecular formula is C31H38N4O8. The molecule has 4 aromatic rings. The number of hydrogen-bond donors (Lipinski definition) is 0. The zero-order valence-corrected chi connectivity index (χ0v) is 25.5. The maximum atomic E-state index is 5.70. The summed E-state index contributed by atoms with van der Waals surface area (Å²) in [5.74, 6) is 4.58. The van der Waals surface area contributed by atoms with Gasteiger partial charge in [0.1, 0.15) is 0 Å². The van der Waals surface area contributed by atoms with Crippen LogP contribution in [0.3, 0.4) is 0 Å². The van der Waals surface area contributed by atoms with Crippen molar-refractivity contribution in [3.8, 4) is 57.1 Å². The van der Waals surface area contributed by atoms with Crippen molar-refractivity contribution < 1.29 is 37.5 Å². The van der Waals surface area contributed by atoms with Gasteiger partial charge in [-0.3, -0.25) is 9.80 Å². The lowest BCUT2D eigenvalue weighted by Gasteiger charge is -2.20. The predicted octanol–water partition coefficient (Wildman–Crippen LogP) is 4.76. The van der Waals surface area contributed by atoms with E-state index in [1.54, 1.807) is 42.7 Å². The van der Waals surface area contributed by atoms with Gasteiger partial charge in [-0.05, 0) is 43.8 Å². The van der Waals surface area contributed by atoms with Crippen LogP contribution in [0, 0.1) is 0 Å². The Hall–Kier alpha value is -4.42. The molecule has 230 valence electrons. The Bertz CT molecular complexity index is 1360. The fourth-order valence-corrected chi connectivity index (χ4v) is 5.29. The van der Waals surface area contributed by atoms with Gasteiger partial charge in [0.2, 0.25) is 11.5 Å². The van der Waals surface area contributed by atoms with Gasteiger partial charge in [0.25, 0.3) is 0 Å². The number of methoxy groups -OCH3 is 6. The molecule has 0 radical (unpaired) electrons. The van der Waals surface area contributed by atoms with Crippen LogP contribution in [0.4, 0.5) is 0 Å². The maximum Gasteiger partial charge on any atom is 0.203 e. The molecule has 1 aliphatic heterocycles. The summed E-state index contributed by atoms with van der Waals surface area (Å²) < 4.78 is 44.2. The molecule has 1 fully saturated rings. The molecule has 0 saturated carbocycles. The van der Waals surface area contributed by atoms with E-state index in [0.717, 1.165) is 55.1 Å². The van der Waals surface area contributed by atoms with Gasteiger partial charge in [0.15, 0.2) is 34.5 Å². The second kappa shape index (κ2) is 13.7. The van der Waals surface area contributed by atoms with Crippen LogP contribution in [0.2, 0.25) is 0 Å². The van der Waals surface area contributed by atoms with Crippen molar-refractivity contribution in [3.05, 3.63) is 47.8 Å². The lowest BCUT2D eigenvalue weighted by molar-refractivity contribution is 0.239. The van der Waals surface area contributed by atoms with Crippen LogP contribution in [0.15, 0.2) is 45.4 Å². The minimum atomic E-state index is 0.533. The second-order valence-corrected chi connectivity index (χ2v) is 10.1. The topological polar surface area (TPSA) is 114 Å². The van der Waals surface area contributed by atoms with E-state index < -0.39 is 0 Å². The first-order valence-electron chi connectivity index (χ1n) is 14.0. The summed E-state index contributed by atoms with van der Waals surface area (Å²) in [6.07, 6.45) is 1.02. The number of hydrogen-bond acceptors (Lipinski definition) is 12. The van der Waals surface area contributed by atoms with Gasteiger partial charge in [-0.25, -0.2) is 0 Å². The average molecular weight is 595 g/mol. The minimum absolute atomic E-state index is 0.533. The highest BCUT2D eigenvalue weighted by molar-refractivity contribution is 5.68. The largest absolute Gasteiger partial charge is 0.493 e.